The van der Waals surface area contributed by atoms with Gasteiger partial charge in [-0.2, -0.15) is 0 Å². The molecule has 5 aromatic rings. The van der Waals surface area contributed by atoms with E-state index in [0.29, 0.717) is 42.2 Å². The Bertz CT molecular complexity index is 1870. The highest BCUT2D eigenvalue weighted by atomic mass is 32.2. The molecule has 0 bridgehead atoms. The number of imidazole rings is 1. The van der Waals surface area contributed by atoms with E-state index in [1.807, 2.05) is 37.3 Å². The first-order chi connectivity index (χ1) is 19.7. The van der Waals surface area contributed by atoms with Crippen LogP contribution >= 0.6 is 0 Å². The molecule has 3 aromatic heterocycles. The van der Waals surface area contributed by atoms with Gasteiger partial charge in [0.15, 0.2) is 11.3 Å². The highest BCUT2D eigenvalue weighted by Crippen LogP contribution is 2.33. The number of hydrogen-bond acceptors (Lipinski definition) is 7. The summed E-state index contributed by atoms with van der Waals surface area (Å²) in [5, 5.41) is 3.87. The predicted octanol–water partition coefficient (Wildman–Crippen LogP) is 5.33. The van der Waals surface area contributed by atoms with Crippen LogP contribution in [0, 0.1) is 13.8 Å². The maximum absolute atomic E-state index is 13.5. The maximum atomic E-state index is 13.5. The van der Waals surface area contributed by atoms with Gasteiger partial charge in [-0.15, -0.1) is 0 Å². The molecule has 0 fully saturated rings. The fourth-order valence-electron chi connectivity index (χ4n) is 4.85. The van der Waals surface area contributed by atoms with E-state index in [-0.39, 0.29) is 16.3 Å². The van der Waals surface area contributed by atoms with Crippen LogP contribution in [0.1, 0.15) is 48.5 Å². The van der Waals surface area contributed by atoms with Crippen LogP contribution in [0.15, 0.2) is 68.9 Å². The fourth-order valence-corrected chi connectivity index (χ4v) is 6.13. The lowest BCUT2D eigenvalue weighted by atomic mass is 9.97. The first-order valence-corrected chi connectivity index (χ1v) is 15.0. The SMILES string of the molecule is CCCc1nc2c(=O)[nH]ccc2n1Cc1ccc(-c2ccccc2S(=O)(=O)Nc2noc(C)c2C)c(COCC)c1. The zero-order valence-electron chi connectivity index (χ0n) is 23.5. The molecule has 0 amide bonds. The zero-order valence-corrected chi connectivity index (χ0v) is 24.3. The molecular weight excluding hydrogens is 542 g/mol. The van der Waals surface area contributed by atoms with Gasteiger partial charge in [0.25, 0.3) is 15.6 Å². The quantitative estimate of drug-likeness (QED) is 0.217. The Morgan fingerprint density at radius 2 is 1.88 bits per heavy atom. The Morgan fingerprint density at radius 1 is 1.07 bits per heavy atom. The van der Waals surface area contributed by atoms with E-state index < -0.39 is 10.0 Å². The lowest BCUT2D eigenvalue weighted by molar-refractivity contribution is 0.134. The summed E-state index contributed by atoms with van der Waals surface area (Å²) in [5.41, 5.74) is 4.73. The molecule has 3 heterocycles. The highest BCUT2D eigenvalue weighted by molar-refractivity contribution is 7.92. The van der Waals surface area contributed by atoms with Gasteiger partial charge in [-0.3, -0.25) is 9.52 Å². The van der Waals surface area contributed by atoms with Gasteiger partial charge in [-0.1, -0.05) is 48.5 Å². The second kappa shape index (κ2) is 11.7. The molecule has 2 aromatic carbocycles. The number of fused-ring (bicyclic) bond motifs is 1. The molecule has 214 valence electrons. The Hall–Kier alpha value is -4.22. The van der Waals surface area contributed by atoms with E-state index in [4.69, 9.17) is 9.26 Å². The van der Waals surface area contributed by atoms with Crippen molar-refractivity contribution in [1.82, 2.24) is 19.7 Å². The van der Waals surface area contributed by atoms with Gasteiger partial charge in [0, 0.05) is 36.9 Å². The average molecular weight is 576 g/mol. The van der Waals surface area contributed by atoms with Crippen molar-refractivity contribution < 1.29 is 17.7 Å². The summed E-state index contributed by atoms with van der Waals surface area (Å²) in [5.74, 6) is 1.55. The minimum atomic E-state index is -3.99. The number of benzene rings is 2. The van der Waals surface area contributed by atoms with Crippen LogP contribution in [0.25, 0.3) is 22.2 Å². The molecule has 0 aliphatic carbocycles. The van der Waals surface area contributed by atoms with Gasteiger partial charge in [0.1, 0.15) is 11.6 Å². The number of rotatable bonds is 11. The van der Waals surface area contributed by atoms with Gasteiger partial charge in [-0.25, -0.2) is 13.4 Å². The van der Waals surface area contributed by atoms with Crippen molar-refractivity contribution in [3.8, 4) is 11.1 Å². The molecular formula is C30H33N5O5S. The number of aromatic nitrogens is 4. The average Bonchev–Trinajstić information content (AvgIpc) is 3.47. The van der Waals surface area contributed by atoms with Gasteiger partial charge in [-0.05, 0) is 56.0 Å². The second-order valence-electron chi connectivity index (χ2n) is 9.85. The van der Waals surface area contributed by atoms with Crippen molar-refractivity contribution in [3.05, 3.63) is 93.4 Å². The second-order valence-corrected chi connectivity index (χ2v) is 11.5. The normalized spacial score (nSPS) is 11.8. The first kappa shape index (κ1) is 28.3. The lowest BCUT2D eigenvalue weighted by Gasteiger charge is -2.17. The topological polar surface area (TPSA) is 132 Å². The standard InChI is InChI=1S/C30H33N5O5S/c1-5-9-27-32-28-25(14-15-31-30(28)36)35(27)17-21-12-13-23(22(16-21)18-39-6-2)24-10-7-8-11-26(24)41(37,38)34-29-19(3)20(4)40-33-29/h7-8,10-16H,5-6,9,17-18H2,1-4H3,(H,31,36)(H,33,34). The number of aromatic amines is 1. The number of pyridine rings is 1. The Kier molecular flexibility index (Phi) is 8.09. The fraction of sp³-hybridized carbons (Fsp3) is 0.300. The van der Waals surface area contributed by atoms with Crippen LogP contribution in [-0.4, -0.2) is 34.7 Å². The minimum Gasteiger partial charge on any atom is -0.377 e. The molecule has 2 N–H and O–H groups in total. The minimum absolute atomic E-state index is 0.121. The third-order valence-electron chi connectivity index (χ3n) is 7.06. The zero-order chi connectivity index (χ0) is 29.1. The van der Waals surface area contributed by atoms with Crippen molar-refractivity contribution in [2.75, 3.05) is 11.3 Å². The van der Waals surface area contributed by atoms with Gasteiger partial charge in [0.2, 0.25) is 0 Å². The number of nitrogens with one attached hydrogen (secondary N) is 2. The number of anilines is 1. The van der Waals surface area contributed by atoms with Crippen LogP contribution in [0.2, 0.25) is 0 Å². The van der Waals surface area contributed by atoms with E-state index in [1.165, 1.54) is 0 Å². The van der Waals surface area contributed by atoms with Crippen LogP contribution in [0.5, 0.6) is 0 Å². The summed E-state index contributed by atoms with van der Waals surface area (Å²) >= 11 is 0. The Labute approximate surface area is 238 Å². The van der Waals surface area contributed by atoms with Crippen molar-refractivity contribution >= 4 is 26.9 Å². The number of H-pyrrole nitrogens is 1. The third kappa shape index (κ3) is 5.68. The molecule has 0 saturated heterocycles. The molecule has 0 saturated carbocycles. The number of ether oxygens (including phenoxy) is 1. The molecule has 0 atom stereocenters. The van der Waals surface area contributed by atoms with E-state index in [9.17, 15) is 13.2 Å². The van der Waals surface area contributed by atoms with E-state index in [0.717, 1.165) is 40.9 Å². The van der Waals surface area contributed by atoms with Crippen LogP contribution in [-0.2, 0) is 34.3 Å². The van der Waals surface area contributed by atoms with E-state index in [1.54, 1.807) is 38.2 Å². The number of hydrogen-bond donors (Lipinski definition) is 2. The Morgan fingerprint density at radius 3 is 2.61 bits per heavy atom. The summed E-state index contributed by atoms with van der Waals surface area (Å²) in [7, 11) is -3.99. The monoisotopic (exact) mass is 575 g/mol. The van der Waals surface area contributed by atoms with Gasteiger partial charge >= 0.3 is 0 Å². The van der Waals surface area contributed by atoms with Crippen molar-refractivity contribution in [1.29, 1.82) is 0 Å². The number of aryl methyl sites for hydroxylation is 2. The lowest BCUT2D eigenvalue weighted by Crippen LogP contribution is -2.15. The van der Waals surface area contributed by atoms with E-state index in [2.05, 4.69) is 31.3 Å². The molecule has 0 aliphatic heterocycles. The molecule has 0 unspecified atom stereocenters. The highest BCUT2D eigenvalue weighted by Gasteiger charge is 2.24. The van der Waals surface area contributed by atoms with Gasteiger partial charge in [0.05, 0.1) is 17.0 Å². The van der Waals surface area contributed by atoms with Crippen molar-refractivity contribution in [2.24, 2.45) is 0 Å². The third-order valence-corrected chi connectivity index (χ3v) is 8.45. The molecule has 0 radical (unpaired) electrons. The smallest absolute Gasteiger partial charge is 0.276 e. The molecule has 11 heteroatoms. The summed E-state index contributed by atoms with van der Waals surface area (Å²) in [6.07, 6.45) is 3.26. The largest absolute Gasteiger partial charge is 0.377 e. The molecule has 10 nitrogen and oxygen atoms in total. The molecule has 0 spiro atoms. The predicted molar refractivity (Wildman–Crippen MR) is 157 cm³/mol. The van der Waals surface area contributed by atoms with Crippen LogP contribution in [0.4, 0.5) is 5.82 Å². The number of sulfonamides is 1. The maximum Gasteiger partial charge on any atom is 0.276 e. The molecule has 41 heavy (non-hydrogen) atoms. The summed E-state index contributed by atoms with van der Waals surface area (Å²) in [6, 6.07) is 14.7. The molecule has 5 rings (SSSR count). The van der Waals surface area contributed by atoms with Crippen LogP contribution < -0.4 is 10.3 Å². The molecule has 0 aliphatic rings. The summed E-state index contributed by atoms with van der Waals surface area (Å²) < 4.78 is 42.7. The summed E-state index contributed by atoms with van der Waals surface area (Å²) in [6.45, 7) is 8.78. The summed E-state index contributed by atoms with van der Waals surface area (Å²) in [4.78, 5) is 19.9. The van der Waals surface area contributed by atoms with Crippen molar-refractivity contribution in [3.63, 3.8) is 0 Å². The number of nitrogens with zero attached hydrogens (tertiary/aromatic N) is 3. The van der Waals surface area contributed by atoms with Crippen LogP contribution in [0.3, 0.4) is 0 Å². The van der Waals surface area contributed by atoms with Gasteiger partial charge < -0.3 is 18.8 Å². The van der Waals surface area contributed by atoms with E-state index >= 15 is 0 Å². The Balaban J connectivity index is 1.57. The van der Waals surface area contributed by atoms with Crippen molar-refractivity contribution in [2.45, 2.75) is 58.6 Å². The first-order valence-electron chi connectivity index (χ1n) is 13.5.